The van der Waals surface area contributed by atoms with Gasteiger partial charge >= 0.3 is 0 Å². The monoisotopic (exact) mass is 326 g/mol. The topological polar surface area (TPSA) is 32.8 Å². The van der Waals surface area contributed by atoms with E-state index in [-0.39, 0.29) is 5.91 Å². The number of benzene rings is 1. The van der Waals surface area contributed by atoms with Crippen LogP contribution in [0.2, 0.25) is 0 Å². The first-order valence-electron chi connectivity index (χ1n) is 8.89. The van der Waals surface area contributed by atoms with Crippen LogP contribution in [-0.2, 0) is 9.53 Å². The first-order chi connectivity index (χ1) is 11.7. The molecule has 0 unspecified atom stereocenters. The second-order valence-corrected chi connectivity index (χ2v) is 6.64. The molecule has 2 fully saturated rings. The van der Waals surface area contributed by atoms with Crippen molar-refractivity contribution in [3.8, 4) is 11.8 Å². The fraction of sp³-hybridized carbons (Fsp3) is 0.550. The van der Waals surface area contributed by atoms with Crippen molar-refractivity contribution in [1.82, 2.24) is 9.80 Å². The highest BCUT2D eigenvalue weighted by molar-refractivity contribution is 5.94. The summed E-state index contributed by atoms with van der Waals surface area (Å²) in [4.78, 5) is 16.7. The van der Waals surface area contributed by atoms with Gasteiger partial charge in [-0.1, -0.05) is 24.1 Å². The molecule has 0 atom stereocenters. The normalized spacial score (nSPS) is 20.2. The van der Waals surface area contributed by atoms with Crippen molar-refractivity contribution in [2.75, 3.05) is 33.4 Å². The van der Waals surface area contributed by atoms with Gasteiger partial charge in [-0.25, -0.2) is 0 Å². The average Bonchev–Trinajstić information content (AvgIpc) is 2.67. The number of likely N-dealkylation sites (tertiary alicyclic amines) is 1. The number of nitrogens with zero attached hydrogens (tertiary/aromatic N) is 2. The highest BCUT2D eigenvalue weighted by atomic mass is 16.5. The standard InChI is InChI=1S/C20H26N2O2/c1-21(20(23)8-7-17-5-3-2-4-6-17)18-9-13-22(14-10-18)19-11-15-24-16-12-19/h2-6,18-19H,9-16H2,1H3. The Morgan fingerprint density at radius 2 is 1.79 bits per heavy atom. The number of piperidine rings is 1. The number of rotatable bonds is 2. The number of ether oxygens (including phenoxy) is 1. The minimum Gasteiger partial charge on any atom is -0.381 e. The molecule has 2 heterocycles. The number of carbonyl (C=O) groups is 1. The van der Waals surface area contributed by atoms with Crippen LogP contribution in [-0.4, -0.2) is 61.1 Å². The Hall–Kier alpha value is -1.83. The lowest BCUT2D eigenvalue weighted by molar-refractivity contribution is -0.126. The van der Waals surface area contributed by atoms with Gasteiger partial charge in [0, 0.05) is 56.9 Å². The molecule has 3 rings (SSSR count). The van der Waals surface area contributed by atoms with Crippen LogP contribution in [0.4, 0.5) is 0 Å². The number of hydrogen-bond donors (Lipinski definition) is 0. The van der Waals surface area contributed by atoms with Crippen LogP contribution in [0.1, 0.15) is 31.2 Å². The third-order valence-electron chi connectivity index (χ3n) is 5.16. The van der Waals surface area contributed by atoms with Gasteiger partial charge < -0.3 is 14.5 Å². The van der Waals surface area contributed by atoms with Gasteiger partial charge in [-0.2, -0.15) is 0 Å². The van der Waals surface area contributed by atoms with Crippen LogP contribution in [0.15, 0.2) is 30.3 Å². The number of carbonyl (C=O) groups excluding carboxylic acids is 1. The molecule has 0 N–H and O–H groups in total. The van der Waals surface area contributed by atoms with Crippen molar-refractivity contribution in [3.05, 3.63) is 35.9 Å². The van der Waals surface area contributed by atoms with Crippen LogP contribution in [0.5, 0.6) is 0 Å². The predicted molar refractivity (Wildman–Crippen MR) is 94.5 cm³/mol. The highest BCUT2D eigenvalue weighted by Gasteiger charge is 2.29. The third kappa shape index (κ3) is 4.37. The molecule has 1 aromatic carbocycles. The van der Waals surface area contributed by atoms with Gasteiger partial charge in [0.05, 0.1) is 0 Å². The van der Waals surface area contributed by atoms with Gasteiger partial charge in [-0.3, -0.25) is 4.79 Å². The molecule has 0 aliphatic carbocycles. The molecule has 0 aromatic heterocycles. The maximum Gasteiger partial charge on any atom is 0.298 e. The van der Waals surface area contributed by atoms with Crippen LogP contribution in [0.25, 0.3) is 0 Å². The molecule has 0 saturated carbocycles. The molecule has 24 heavy (non-hydrogen) atoms. The molecule has 4 heteroatoms. The lowest BCUT2D eigenvalue weighted by Crippen LogP contribution is -2.49. The lowest BCUT2D eigenvalue weighted by Gasteiger charge is -2.41. The van der Waals surface area contributed by atoms with Gasteiger partial charge in [-0.15, -0.1) is 0 Å². The summed E-state index contributed by atoms with van der Waals surface area (Å²) in [7, 11) is 1.89. The Balaban J connectivity index is 1.50. The predicted octanol–water partition coefficient (Wildman–Crippen LogP) is 2.14. The summed E-state index contributed by atoms with van der Waals surface area (Å²) in [5.41, 5.74) is 0.883. The van der Waals surface area contributed by atoms with Gasteiger partial charge in [-0.05, 0) is 37.8 Å². The molecule has 128 valence electrons. The minimum absolute atomic E-state index is 0.0802. The van der Waals surface area contributed by atoms with Crippen molar-refractivity contribution in [1.29, 1.82) is 0 Å². The molecule has 2 aliphatic rings. The van der Waals surface area contributed by atoms with Crippen molar-refractivity contribution in [2.24, 2.45) is 0 Å². The third-order valence-corrected chi connectivity index (χ3v) is 5.16. The number of amides is 1. The van der Waals surface area contributed by atoms with E-state index in [0.29, 0.717) is 12.1 Å². The van der Waals surface area contributed by atoms with E-state index >= 15 is 0 Å². The summed E-state index contributed by atoms with van der Waals surface area (Å²) in [5, 5.41) is 0. The summed E-state index contributed by atoms with van der Waals surface area (Å²) < 4.78 is 5.45. The fourth-order valence-electron chi connectivity index (χ4n) is 3.59. The van der Waals surface area contributed by atoms with E-state index in [1.54, 1.807) is 0 Å². The van der Waals surface area contributed by atoms with E-state index in [2.05, 4.69) is 16.7 Å². The van der Waals surface area contributed by atoms with E-state index in [1.165, 1.54) is 0 Å². The van der Waals surface area contributed by atoms with Crippen LogP contribution in [0, 0.1) is 11.8 Å². The molecule has 2 aliphatic heterocycles. The lowest BCUT2D eigenvalue weighted by atomic mass is 9.99. The van der Waals surface area contributed by atoms with E-state index in [1.807, 2.05) is 42.3 Å². The van der Waals surface area contributed by atoms with Gasteiger partial charge in [0.15, 0.2) is 0 Å². The summed E-state index contributed by atoms with van der Waals surface area (Å²) in [6.07, 6.45) is 4.35. The van der Waals surface area contributed by atoms with Gasteiger partial charge in [0.1, 0.15) is 0 Å². The van der Waals surface area contributed by atoms with Crippen LogP contribution in [0.3, 0.4) is 0 Å². The van der Waals surface area contributed by atoms with Gasteiger partial charge in [0.2, 0.25) is 0 Å². The molecule has 4 nitrogen and oxygen atoms in total. The Bertz CT molecular complexity index is 591. The fourth-order valence-corrected chi connectivity index (χ4v) is 3.59. The molecule has 1 amide bonds. The Morgan fingerprint density at radius 1 is 1.12 bits per heavy atom. The largest absolute Gasteiger partial charge is 0.381 e. The van der Waals surface area contributed by atoms with Crippen molar-refractivity contribution < 1.29 is 9.53 Å². The zero-order chi connectivity index (χ0) is 16.8. The summed E-state index contributed by atoms with van der Waals surface area (Å²) in [5.74, 6) is 5.66. The highest BCUT2D eigenvalue weighted by Crippen LogP contribution is 2.22. The summed E-state index contributed by atoms with van der Waals surface area (Å²) in [6, 6.07) is 10.6. The van der Waals surface area contributed by atoms with E-state index in [0.717, 1.165) is 57.6 Å². The zero-order valence-corrected chi connectivity index (χ0v) is 14.4. The van der Waals surface area contributed by atoms with Crippen molar-refractivity contribution in [3.63, 3.8) is 0 Å². The molecular formula is C20H26N2O2. The Kier molecular flexibility index (Phi) is 5.90. The van der Waals surface area contributed by atoms with Crippen LogP contribution < -0.4 is 0 Å². The van der Waals surface area contributed by atoms with Crippen LogP contribution >= 0.6 is 0 Å². The van der Waals surface area contributed by atoms with E-state index in [9.17, 15) is 4.79 Å². The SMILES string of the molecule is CN(C(=O)C#Cc1ccccc1)C1CCN(C2CCOCC2)CC1. The second-order valence-electron chi connectivity index (χ2n) is 6.64. The second kappa shape index (κ2) is 8.32. The molecule has 0 bridgehead atoms. The maximum atomic E-state index is 12.3. The van der Waals surface area contributed by atoms with E-state index < -0.39 is 0 Å². The summed E-state index contributed by atoms with van der Waals surface area (Å²) >= 11 is 0. The molecule has 0 spiro atoms. The Labute approximate surface area is 144 Å². The quantitative estimate of drug-likeness (QED) is 0.781. The van der Waals surface area contributed by atoms with Crippen molar-refractivity contribution in [2.45, 2.75) is 37.8 Å². The first-order valence-corrected chi connectivity index (χ1v) is 8.89. The smallest absolute Gasteiger partial charge is 0.298 e. The minimum atomic E-state index is -0.0802. The Morgan fingerprint density at radius 3 is 2.46 bits per heavy atom. The molecular weight excluding hydrogens is 300 g/mol. The van der Waals surface area contributed by atoms with Crippen molar-refractivity contribution >= 4 is 5.91 Å². The molecule has 1 aromatic rings. The summed E-state index contributed by atoms with van der Waals surface area (Å²) in [6.45, 7) is 3.91. The average molecular weight is 326 g/mol. The maximum absolute atomic E-state index is 12.3. The first kappa shape index (κ1) is 17.0. The zero-order valence-electron chi connectivity index (χ0n) is 14.4. The number of hydrogen-bond acceptors (Lipinski definition) is 3. The van der Waals surface area contributed by atoms with E-state index in [4.69, 9.17) is 4.74 Å². The molecule has 2 saturated heterocycles. The molecule has 0 radical (unpaired) electrons. The van der Waals surface area contributed by atoms with Gasteiger partial charge in [0.25, 0.3) is 5.91 Å².